The summed E-state index contributed by atoms with van der Waals surface area (Å²) in [5.74, 6) is -0.118. The predicted octanol–water partition coefficient (Wildman–Crippen LogP) is 5.55. The number of benzene rings is 2. The van der Waals surface area contributed by atoms with E-state index in [1.807, 2.05) is 30.3 Å². The Balaban J connectivity index is 0.00000181. The van der Waals surface area contributed by atoms with Gasteiger partial charge in [0, 0.05) is 36.5 Å². The van der Waals surface area contributed by atoms with Crippen LogP contribution in [0.3, 0.4) is 0 Å². The van der Waals surface area contributed by atoms with Gasteiger partial charge in [-0.3, -0.25) is 9.78 Å². The Morgan fingerprint density at radius 2 is 1.56 bits per heavy atom. The Hall–Kier alpha value is -2.61. The molecule has 9 heteroatoms. The number of alkyl halides is 3. The molecule has 1 aliphatic heterocycles. The molecular formula is C23H22Cl2F3N3O. The number of nitrogens with one attached hydrogen (secondary N) is 2. The van der Waals surface area contributed by atoms with Gasteiger partial charge in [-0.05, 0) is 29.3 Å². The second-order valence-electron chi connectivity index (χ2n) is 7.28. The van der Waals surface area contributed by atoms with Crippen LogP contribution in [0, 0.1) is 5.92 Å². The van der Waals surface area contributed by atoms with E-state index in [-0.39, 0.29) is 42.6 Å². The second-order valence-corrected chi connectivity index (χ2v) is 7.28. The summed E-state index contributed by atoms with van der Waals surface area (Å²) in [6.07, 6.45) is -3.26. The maximum absolute atomic E-state index is 12.8. The SMILES string of the molecule is Cl.Cl.O=C(Nc1ccc(-c2ccc(C(F)(F)F)nc2)cc1)[C@@H]1CNC[C@H]1c1ccccc1. The van der Waals surface area contributed by atoms with Gasteiger partial charge in [0.25, 0.3) is 0 Å². The number of carbonyl (C=O) groups excluding carboxylic acids is 1. The molecule has 4 rings (SSSR count). The van der Waals surface area contributed by atoms with E-state index in [4.69, 9.17) is 0 Å². The predicted molar refractivity (Wildman–Crippen MR) is 123 cm³/mol. The third-order valence-electron chi connectivity index (χ3n) is 5.32. The van der Waals surface area contributed by atoms with Gasteiger partial charge in [0.2, 0.25) is 5.91 Å². The van der Waals surface area contributed by atoms with Crippen LogP contribution in [0.4, 0.5) is 18.9 Å². The van der Waals surface area contributed by atoms with Gasteiger partial charge in [-0.2, -0.15) is 13.2 Å². The molecule has 0 spiro atoms. The highest BCUT2D eigenvalue weighted by atomic mass is 35.5. The summed E-state index contributed by atoms with van der Waals surface area (Å²) in [6.45, 7) is 1.36. The number of amides is 1. The summed E-state index contributed by atoms with van der Waals surface area (Å²) in [5, 5.41) is 6.23. The van der Waals surface area contributed by atoms with Crippen LogP contribution >= 0.6 is 24.8 Å². The Morgan fingerprint density at radius 1 is 0.906 bits per heavy atom. The van der Waals surface area contributed by atoms with Crippen LogP contribution in [0.25, 0.3) is 11.1 Å². The molecule has 2 aromatic carbocycles. The monoisotopic (exact) mass is 483 g/mol. The molecular weight excluding hydrogens is 462 g/mol. The minimum Gasteiger partial charge on any atom is -0.326 e. The van der Waals surface area contributed by atoms with Crippen LogP contribution < -0.4 is 10.6 Å². The number of hydrogen-bond acceptors (Lipinski definition) is 3. The van der Waals surface area contributed by atoms with Crippen LogP contribution in [0.15, 0.2) is 72.9 Å². The molecule has 1 aliphatic rings. The Morgan fingerprint density at radius 3 is 2.16 bits per heavy atom. The van der Waals surface area contributed by atoms with E-state index in [0.29, 0.717) is 17.8 Å². The molecule has 0 radical (unpaired) electrons. The fourth-order valence-electron chi connectivity index (χ4n) is 3.72. The number of anilines is 1. The number of hydrogen-bond donors (Lipinski definition) is 2. The Kier molecular flexibility index (Phi) is 8.66. The Bertz CT molecular complexity index is 1010. The molecule has 3 aromatic rings. The molecule has 170 valence electrons. The molecule has 0 saturated carbocycles. The zero-order valence-corrected chi connectivity index (χ0v) is 18.4. The third kappa shape index (κ3) is 5.79. The number of rotatable bonds is 4. The van der Waals surface area contributed by atoms with Gasteiger partial charge in [0.15, 0.2) is 0 Å². The van der Waals surface area contributed by atoms with E-state index in [1.54, 1.807) is 24.3 Å². The summed E-state index contributed by atoms with van der Waals surface area (Å²) >= 11 is 0. The normalized spacial score (nSPS) is 17.7. The lowest BCUT2D eigenvalue weighted by Crippen LogP contribution is -2.28. The van der Waals surface area contributed by atoms with E-state index in [0.717, 1.165) is 23.7 Å². The van der Waals surface area contributed by atoms with E-state index in [2.05, 4.69) is 15.6 Å². The highest BCUT2D eigenvalue weighted by molar-refractivity contribution is 5.94. The van der Waals surface area contributed by atoms with E-state index in [1.165, 1.54) is 12.3 Å². The smallest absolute Gasteiger partial charge is 0.326 e. The standard InChI is InChI=1S/C23H20F3N3O.2ClH/c24-23(25,26)21-11-8-17(12-28-21)15-6-9-18(10-7-15)29-22(30)20-14-27-13-19(20)16-4-2-1-3-5-16;;/h1-12,19-20,27H,13-14H2,(H,29,30);2*1H/t19-,20+;;/m0../s1. The van der Waals surface area contributed by atoms with Gasteiger partial charge in [-0.25, -0.2) is 0 Å². The van der Waals surface area contributed by atoms with Crippen LogP contribution in [-0.4, -0.2) is 24.0 Å². The summed E-state index contributed by atoms with van der Waals surface area (Å²) in [4.78, 5) is 16.3. The summed E-state index contributed by atoms with van der Waals surface area (Å²) in [5.41, 5.74) is 2.15. The number of aromatic nitrogens is 1. The minimum absolute atomic E-state index is 0. The van der Waals surface area contributed by atoms with Crippen molar-refractivity contribution in [3.05, 3.63) is 84.2 Å². The average Bonchev–Trinajstić information content (AvgIpc) is 3.25. The van der Waals surface area contributed by atoms with E-state index in [9.17, 15) is 18.0 Å². The molecule has 1 fully saturated rings. The largest absolute Gasteiger partial charge is 0.433 e. The number of carbonyl (C=O) groups is 1. The van der Waals surface area contributed by atoms with Gasteiger partial charge in [0.1, 0.15) is 5.69 Å². The molecule has 2 atom stereocenters. The van der Waals surface area contributed by atoms with Crippen LogP contribution in [0.1, 0.15) is 17.2 Å². The van der Waals surface area contributed by atoms with Crippen molar-refractivity contribution in [2.24, 2.45) is 5.92 Å². The molecule has 0 unspecified atom stereocenters. The fourth-order valence-corrected chi connectivity index (χ4v) is 3.72. The van der Waals surface area contributed by atoms with Gasteiger partial charge in [-0.1, -0.05) is 48.5 Å². The minimum atomic E-state index is -4.46. The third-order valence-corrected chi connectivity index (χ3v) is 5.32. The molecule has 0 bridgehead atoms. The van der Waals surface area contributed by atoms with Crippen LogP contribution in [-0.2, 0) is 11.0 Å². The first-order chi connectivity index (χ1) is 14.4. The van der Waals surface area contributed by atoms with Crippen molar-refractivity contribution in [1.82, 2.24) is 10.3 Å². The molecule has 1 saturated heterocycles. The highest BCUT2D eigenvalue weighted by Gasteiger charge is 2.34. The fraction of sp³-hybridized carbons (Fsp3) is 0.217. The molecule has 2 N–H and O–H groups in total. The quantitative estimate of drug-likeness (QED) is 0.511. The molecule has 32 heavy (non-hydrogen) atoms. The zero-order chi connectivity index (χ0) is 21.1. The zero-order valence-electron chi connectivity index (χ0n) is 16.8. The number of pyridine rings is 1. The van der Waals surface area contributed by atoms with Gasteiger partial charge < -0.3 is 10.6 Å². The van der Waals surface area contributed by atoms with Crippen molar-refractivity contribution in [2.75, 3.05) is 18.4 Å². The average molecular weight is 484 g/mol. The summed E-state index contributed by atoms with van der Waals surface area (Å²) in [6, 6.07) is 19.3. The van der Waals surface area contributed by atoms with Crippen LogP contribution in [0.2, 0.25) is 0 Å². The maximum Gasteiger partial charge on any atom is 0.433 e. The van der Waals surface area contributed by atoms with Crippen molar-refractivity contribution in [3.8, 4) is 11.1 Å². The first-order valence-corrected chi connectivity index (χ1v) is 9.62. The van der Waals surface area contributed by atoms with Crippen molar-refractivity contribution < 1.29 is 18.0 Å². The first kappa shape index (κ1) is 25.6. The molecule has 4 nitrogen and oxygen atoms in total. The van der Waals surface area contributed by atoms with E-state index < -0.39 is 11.9 Å². The lowest BCUT2D eigenvalue weighted by molar-refractivity contribution is -0.141. The summed E-state index contributed by atoms with van der Waals surface area (Å²) < 4.78 is 38.0. The Labute approximate surface area is 196 Å². The van der Waals surface area contributed by atoms with Gasteiger partial charge in [0.05, 0.1) is 5.92 Å². The topological polar surface area (TPSA) is 54.0 Å². The van der Waals surface area contributed by atoms with Gasteiger partial charge in [-0.15, -0.1) is 24.8 Å². The number of nitrogens with zero attached hydrogens (tertiary/aromatic N) is 1. The molecule has 2 heterocycles. The summed E-state index contributed by atoms with van der Waals surface area (Å²) in [7, 11) is 0. The van der Waals surface area contributed by atoms with Crippen molar-refractivity contribution in [1.29, 1.82) is 0 Å². The highest BCUT2D eigenvalue weighted by Crippen LogP contribution is 2.31. The first-order valence-electron chi connectivity index (χ1n) is 9.62. The van der Waals surface area contributed by atoms with Crippen molar-refractivity contribution >= 4 is 36.4 Å². The number of halogens is 5. The molecule has 1 amide bonds. The van der Waals surface area contributed by atoms with Crippen LogP contribution in [0.5, 0.6) is 0 Å². The second kappa shape index (κ2) is 10.8. The van der Waals surface area contributed by atoms with Crippen molar-refractivity contribution in [2.45, 2.75) is 12.1 Å². The van der Waals surface area contributed by atoms with E-state index >= 15 is 0 Å². The van der Waals surface area contributed by atoms with Gasteiger partial charge >= 0.3 is 6.18 Å². The molecule has 0 aliphatic carbocycles. The molecule has 1 aromatic heterocycles. The maximum atomic E-state index is 12.8. The van der Waals surface area contributed by atoms with Crippen molar-refractivity contribution in [3.63, 3.8) is 0 Å². The lowest BCUT2D eigenvalue weighted by Gasteiger charge is -2.18. The lowest BCUT2D eigenvalue weighted by atomic mass is 9.88.